The molecule has 0 bridgehead atoms. The average Bonchev–Trinajstić information content (AvgIpc) is 2.94. The van der Waals surface area contributed by atoms with Gasteiger partial charge in [-0.15, -0.1) is 0 Å². The summed E-state index contributed by atoms with van der Waals surface area (Å²) in [6.07, 6.45) is 4.99. The Kier molecular flexibility index (Phi) is 2.67. The quantitative estimate of drug-likeness (QED) is 0.885. The first kappa shape index (κ1) is 12.0. The van der Waals surface area contributed by atoms with E-state index in [0.717, 1.165) is 12.8 Å². The van der Waals surface area contributed by atoms with Crippen molar-refractivity contribution < 1.29 is 0 Å². The summed E-state index contributed by atoms with van der Waals surface area (Å²) in [6, 6.07) is 9.10. The summed E-state index contributed by atoms with van der Waals surface area (Å²) in [4.78, 5) is 2.48. The lowest BCUT2D eigenvalue weighted by atomic mass is 9.76. The smallest absolute Gasteiger partial charge is 0.0366 e. The first-order valence-corrected chi connectivity index (χ1v) is 7.17. The summed E-state index contributed by atoms with van der Waals surface area (Å²) in [7, 11) is 0. The molecule has 3 rings (SSSR count). The summed E-state index contributed by atoms with van der Waals surface area (Å²) in [5, 5.41) is 0. The molecular weight excluding hydrogens is 220 g/mol. The molecule has 1 aromatic rings. The molecule has 1 aliphatic heterocycles. The molecule has 1 heterocycles. The molecule has 0 aromatic heterocycles. The predicted molar refractivity (Wildman–Crippen MR) is 77.1 cm³/mol. The fraction of sp³-hybridized carbons (Fsp3) is 0.625. The minimum Gasteiger partial charge on any atom is -0.372 e. The molecule has 2 nitrogen and oxygen atoms in total. The van der Waals surface area contributed by atoms with Gasteiger partial charge in [0.2, 0.25) is 0 Å². The Bertz CT molecular complexity index is 423. The molecule has 2 heteroatoms. The van der Waals surface area contributed by atoms with E-state index >= 15 is 0 Å². The lowest BCUT2D eigenvalue weighted by molar-refractivity contribution is 0.391. The molecule has 98 valence electrons. The first-order chi connectivity index (χ1) is 8.53. The van der Waals surface area contributed by atoms with Crippen molar-refractivity contribution in [2.75, 3.05) is 18.0 Å². The van der Waals surface area contributed by atoms with Crippen LogP contribution in [-0.2, 0) is 5.41 Å². The van der Waals surface area contributed by atoms with Gasteiger partial charge < -0.3 is 10.6 Å². The Morgan fingerprint density at radius 3 is 2.11 bits per heavy atom. The summed E-state index contributed by atoms with van der Waals surface area (Å²) in [5.41, 5.74) is 9.28. The maximum atomic E-state index is 6.41. The topological polar surface area (TPSA) is 29.3 Å². The van der Waals surface area contributed by atoms with Gasteiger partial charge in [-0.25, -0.2) is 0 Å². The lowest BCUT2D eigenvalue weighted by Crippen LogP contribution is -2.43. The van der Waals surface area contributed by atoms with E-state index in [4.69, 9.17) is 5.73 Å². The summed E-state index contributed by atoms with van der Waals surface area (Å²) in [5.74, 6) is 0. The number of hydrogen-bond donors (Lipinski definition) is 1. The number of anilines is 1. The minimum atomic E-state index is 0.0299. The molecule has 0 spiro atoms. The van der Waals surface area contributed by atoms with Gasteiger partial charge in [0.25, 0.3) is 0 Å². The third-order valence-corrected chi connectivity index (χ3v) is 5.09. The van der Waals surface area contributed by atoms with Gasteiger partial charge in [0.05, 0.1) is 0 Å². The maximum absolute atomic E-state index is 6.41. The SMILES string of the molecule is CC(C)(c1ccc(N2CCCC2)cc1)C1(N)CC1. The van der Waals surface area contributed by atoms with E-state index in [9.17, 15) is 0 Å². The van der Waals surface area contributed by atoms with Crippen LogP contribution in [0.25, 0.3) is 0 Å². The van der Waals surface area contributed by atoms with Crippen LogP contribution in [0.3, 0.4) is 0 Å². The van der Waals surface area contributed by atoms with Crippen LogP contribution in [0.5, 0.6) is 0 Å². The van der Waals surface area contributed by atoms with E-state index in [0.29, 0.717) is 0 Å². The summed E-state index contributed by atoms with van der Waals surface area (Å²) >= 11 is 0. The molecule has 0 radical (unpaired) electrons. The van der Waals surface area contributed by atoms with Crippen LogP contribution in [0.15, 0.2) is 24.3 Å². The van der Waals surface area contributed by atoms with Crippen molar-refractivity contribution in [1.29, 1.82) is 0 Å². The summed E-state index contributed by atoms with van der Waals surface area (Å²) < 4.78 is 0. The number of nitrogens with two attached hydrogens (primary N) is 1. The number of rotatable bonds is 3. The number of benzene rings is 1. The molecule has 0 atom stereocenters. The van der Waals surface area contributed by atoms with Gasteiger partial charge in [-0.05, 0) is 43.4 Å². The molecule has 1 saturated carbocycles. The fourth-order valence-corrected chi connectivity index (χ4v) is 3.11. The highest BCUT2D eigenvalue weighted by molar-refractivity contribution is 5.50. The molecule has 1 saturated heterocycles. The van der Waals surface area contributed by atoms with Gasteiger partial charge in [0, 0.05) is 29.7 Å². The molecular formula is C16H24N2. The molecule has 1 aromatic carbocycles. The Morgan fingerprint density at radius 1 is 1.06 bits per heavy atom. The van der Waals surface area contributed by atoms with Crippen molar-refractivity contribution in [3.8, 4) is 0 Å². The zero-order valence-corrected chi connectivity index (χ0v) is 11.6. The second-order valence-electron chi connectivity index (χ2n) is 6.52. The molecule has 18 heavy (non-hydrogen) atoms. The Morgan fingerprint density at radius 2 is 1.61 bits per heavy atom. The van der Waals surface area contributed by atoms with Crippen LogP contribution in [0.4, 0.5) is 5.69 Å². The highest BCUT2D eigenvalue weighted by Gasteiger charge is 2.51. The monoisotopic (exact) mass is 244 g/mol. The van der Waals surface area contributed by atoms with Crippen LogP contribution in [0, 0.1) is 0 Å². The molecule has 2 aliphatic rings. The van der Waals surface area contributed by atoms with Crippen LogP contribution < -0.4 is 10.6 Å². The van der Waals surface area contributed by atoms with Gasteiger partial charge in [-0.2, -0.15) is 0 Å². The molecule has 0 amide bonds. The van der Waals surface area contributed by atoms with E-state index in [1.54, 1.807) is 0 Å². The Labute approximate surface area is 110 Å². The van der Waals surface area contributed by atoms with Crippen molar-refractivity contribution >= 4 is 5.69 Å². The van der Waals surface area contributed by atoms with E-state index in [-0.39, 0.29) is 11.0 Å². The highest BCUT2D eigenvalue weighted by Crippen LogP contribution is 2.49. The van der Waals surface area contributed by atoms with Crippen LogP contribution in [0.1, 0.15) is 45.1 Å². The van der Waals surface area contributed by atoms with E-state index < -0.39 is 0 Å². The second-order valence-corrected chi connectivity index (χ2v) is 6.52. The van der Waals surface area contributed by atoms with Crippen molar-refractivity contribution in [1.82, 2.24) is 0 Å². The molecule has 0 unspecified atom stereocenters. The van der Waals surface area contributed by atoms with Gasteiger partial charge in [0.15, 0.2) is 0 Å². The molecule has 1 aliphatic carbocycles. The zero-order chi connectivity index (χ0) is 12.8. The Hall–Kier alpha value is -1.02. The average molecular weight is 244 g/mol. The largest absolute Gasteiger partial charge is 0.372 e. The molecule has 2 N–H and O–H groups in total. The van der Waals surface area contributed by atoms with E-state index in [1.165, 1.54) is 37.2 Å². The van der Waals surface area contributed by atoms with Gasteiger partial charge in [-0.1, -0.05) is 26.0 Å². The fourth-order valence-electron chi connectivity index (χ4n) is 3.11. The second kappa shape index (κ2) is 3.99. The third kappa shape index (κ3) is 1.83. The van der Waals surface area contributed by atoms with Crippen LogP contribution in [0.2, 0.25) is 0 Å². The molecule has 2 fully saturated rings. The van der Waals surface area contributed by atoms with Crippen molar-refractivity contribution in [2.24, 2.45) is 5.73 Å². The summed E-state index contributed by atoms with van der Waals surface area (Å²) in [6.45, 7) is 6.99. The van der Waals surface area contributed by atoms with Crippen LogP contribution >= 0.6 is 0 Å². The zero-order valence-electron chi connectivity index (χ0n) is 11.6. The minimum absolute atomic E-state index is 0.0299. The highest BCUT2D eigenvalue weighted by atomic mass is 15.1. The van der Waals surface area contributed by atoms with Crippen molar-refractivity contribution in [3.05, 3.63) is 29.8 Å². The van der Waals surface area contributed by atoms with Gasteiger partial charge >= 0.3 is 0 Å². The van der Waals surface area contributed by atoms with E-state index in [1.807, 2.05) is 0 Å². The first-order valence-electron chi connectivity index (χ1n) is 7.17. The Balaban J connectivity index is 1.82. The number of hydrogen-bond acceptors (Lipinski definition) is 2. The predicted octanol–water partition coefficient (Wildman–Crippen LogP) is 3.06. The van der Waals surface area contributed by atoms with Crippen molar-refractivity contribution in [2.45, 2.75) is 50.5 Å². The number of nitrogens with zero attached hydrogens (tertiary/aromatic N) is 1. The van der Waals surface area contributed by atoms with E-state index in [2.05, 4.69) is 43.0 Å². The normalized spacial score (nSPS) is 22.3. The van der Waals surface area contributed by atoms with Gasteiger partial charge in [-0.3, -0.25) is 0 Å². The lowest BCUT2D eigenvalue weighted by Gasteiger charge is -2.33. The van der Waals surface area contributed by atoms with Crippen LogP contribution in [-0.4, -0.2) is 18.6 Å². The van der Waals surface area contributed by atoms with Gasteiger partial charge in [0.1, 0.15) is 0 Å². The maximum Gasteiger partial charge on any atom is 0.0366 e. The third-order valence-electron chi connectivity index (χ3n) is 5.09. The standard InChI is InChI=1S/C16H24N2/c1-15(2,16(17)9-10-16)13-5-7-14(8-6-13)18-11-3-4-12-18/h5-8H,3-4,9-12,17H2,1-2H3. The van der Waals surface area contributed by atoms with Crippen molar-refractivity contribution in [3.63, 3.8) is 0 Å².